The van der Waals surface area contributed by atoms with Crippen LogP contribution in [0.4, 0.5) is 0 Å². The molecule has 259 valence electrons. The van der Waals surface area contributed by atoms with Crippen molar-refractivity contribution in [1.29, 1.82) is 0 Å². The topological polar surface area (TPSA) is 30.7 Å². The summed E-state index contributed by atoms with van der Waals surface area (Å²) in [5, 5.41) is 3.97. The summed E-state index contributed by atoms with van der Waals surface area (Å²) in [7, 11) is -1.23. The fourth-order valence-corrected chi connectivity index (χ4v) is 8.65. The van der Waals surface area contributed by atoms with Crippen LogP contribution >= 0.6 is 11.3 Å². The van der Waals surface area contributed by atoms with Gasteiger partial charge in [-0.2, -0.15) is 11.3 Å². The van der Waals surface area contributed by atoms with Crippen molar-refractivity contribution in [2.45, 2.75) is 59.2 Å². The molecule has 6 heteroatoms. The average molecular weight is 878 g/mol. The molecule has 0 saturated heterocycles. The zero-order chi connectivity index (χ0) is 35.0. The molecule has 0 bridgehead atoms. The summed E-state index contributed by atoms with van der Waals surface area (Å²) >= 11 is 1.83. The molecule has 0 aliphatic rings. The summed E-state index contributed by atoms with van der Waals surface area (Å²) in [4.78, 5) is 9.69. The van der Waals surface area contributed by atoms with Crippen LogP contribution in [0.5, 0.6) is 0 Å². The van der Waals surface area contributed by atoms with Crippen LogP contribution in [-0.4, -0.2) is 22.6 Å². The normalized spacial score (nSPS) is 11.6. The first-order chi connectivity index (χ1) is 24.1. The second kappa shape index (κ2) is 15.2. The van der Waals surface area contributed by atoms with Gasteiger partial charge in [0.2, 0.25) is 0 Å². The monoisotopic (exact) mass is 878 g/mol. The molecule has 8 aromatic rings. The maximum Gasteiger partial charge on any atom is 0.0795 e. The first kappa shape index (κ1) is 36.6. The number of fused-ring (bicyclic) bond motifs is 4. The van der Waals surface area contributed by atoms with Gasteiger partial charge in [0.15, 0.2) is 0 Å². The van der Waals surface area contributed by atoms with Crippen LogP contribution in [0.25, 0.3) is 59.5 Å². The van der Waals surface area contributed by atoms with E-state index in [0.29, 0.717) is 11.8 Å². The molecule has 0 fully saturated rings. The van der Waals surface area contributed by atoms with Gasteiger partial charge in [0.1, 0.15) is 0 Å². The molecule has 8 rings (SSSR count). The predicted octanol–water partition coefficient (Wildman–Crippen LogP) is 12.2. The Morgan fingerprint density at radius 3 is 2.06 bits per heavy atom. The molecule has 3 aromatic heterocycles. The number of nitrogens with zero attached hydrogens (tertiary/aromatic N) is 3. The Morgan fingerprint density at radius 2 is 1.39 bits per heavy atom. The first-order valence-corrected chi connectivity index (χ1v) is 21.8. The van der Waals surface area contributed by atoms with E-state index in [0.717, 1.165) is 33.7 Å². The quantitative estimate of drug-likeness (QED) is 0.123. The van der Waals surface area contributed by atoms with Crippen LogP contribution in [0.1, 0.15) is 50.7 Å². The first-order valence-electron chi connectivity index (χ1n) is 17.5. The van der Waals surface area contributed by atoms with Gasteiger partial charge in [0.05, 0.1) is 24.9 Å². The number of pyridine rings is 1. The Bertz CT molecular complexity index is 2390. The Labute approximate surface area is 320 Å². The Hall–Kier alpha value is -4.19. The molecular weight excluding hydrogens is 835 g/mol. The number of imidazole rings is 1. The Balaban J connectivity index is 0.000000222. The van der Waals surface area contributed by atoms with Gasteiger partial charge in [0.25, 0.3) is 0 Å². The third kappa shape index (κ3) is 7.42. The van der Waals surface area contributed by atoms with E-state index < -0.39 is 8.07 Å². The predicted molar refractivity (Wildman–Crippen MR) is 218 cm³/mol. The molecule has 3 heterocycles. The van der Waals surface area contributed by atoms with Crippen LogP contribution in [0.2, 0.25) is 19.6 Å². The minimum Gasteiger partial charge on any atom is -0.333 e. The van der Waals surface area contributed by atoms with Crippen molar-refractivity contribution in [3.8, 4) is 28.3 Å². The van der Waals surface area contributed by atoms with Crippen LogP contribution in [-0.2, 0) is 20.1 Å². The maximum atomic E-state index is 5.17. The van der Waals surface area contributed by atoms with Gasteiger partial charge in [-0.05, 0) is 62.1 Å². The van der Waals surface area contributed by atoms with Gasteiger partial charge < -0.3 is 9.55 Å². The minimum atomic E-state index is -1.23. The molecule has 0 aliphatic heterocycles. The van der Waals surface area contributed by atoms with Gasteiger partial charge in [-0.1, -0.05) is 113 Å². The third-order valence-electron chi connectivity index (χ3n) is 9.29. The Morgan fingerprint density at radius 1 is 0.686 bits per heavy atom. The van der Waals surface area contributed by atoms with Gasteiger partial charge in [-0.25, -0.2) is 0 Å². The van der Waals surface area contributed by atoms with Crippen molar-refractivity contribution in [1.82, 2.24) is 14.5 Å². The van der Waals surface area contributed by atoms with Crippen LogP contribution < -0.4 is 5.19 Å². The largest absolute Gasteiger partial charge is 0.333 e. The number of para-hydroxylation sites is 3. The molecule has 0 atom stereocenters. The van der Waals surface area contributed by atoms with Gasteiger partial charge >= 0.3 is 0 Å². The zero-order valence-electron chi connectivity index (χ0n) is 30.3. The van der Waals surface area contributed by atoms with E-state index in [1.54, 1.807) is 0 Å². The second-order valence-corrected chi connectivity index (χ2v) is 20.7. The second-order valence-electron chi connectivity index (χ2n) is 14.5. The fourth-order valence-electron chi connectivity index (χ4n) is 6.55. The van der Waals surface area contributed by atoms with E-state index in [1.165, 1.54) is 42.2 Å². The van der Waals surface area contributed by atoms with Crippen molar-refractivity contribution < 1.29 is 20.1 Å². The molecular formula is C45H43IrN3SSi-2. The zero-order valence-corrected chi connectivity index (χ0v) is 34.5. The number of aromatic nitrogens is 3. The molecule has 51 heavy (non-hydrogen) atoms. The number of thiophene rings is 1. The smallest absolute Gasteiger partial charge is 0.0795 e. The molecule has 3 nitrogen and oxygen atoms in total. The van der Waals surface area contributed by atoms with Crippen molar-refractivity contribution in [3.63, 3.8) is 0 Å². The minimum absolute atomic E-state index is 0. The van der Waals surface area contributed by atoms with E-state index in [-0.39, 0.29) is 20.1 Å². The Kier molecular flexibility index (Phi) is 10.9. The molecule has 0 N–H and O–H groups in total. The number of benzene rings is 5. The number of hydrogen-bond acceptors (Lipinski definition) is 3. The standard InChI is InChI=1S/C31H27N2S.C14H16NSi.Ir/c1-19(2)22-11-9-12-23(20(3)4)30(22)33-27-14-7-6-13-26(27)32-31(33)21-16-17-29-25(18-21)24-10-5-8-15-28(24)34-29;1-16(2,3)13-9-10-14(15-11-13)12-7-5-4-6-8-12;/h5-15,17-20H,1-4H3;4-7,9-11H,1-3H3;/q2*-1;. The number of rotatable bonds is 6. The van der Waals surface area contributed by atoms with E-state index >= 15 is 0 Å². The van der Waals surface area contributed by atoms with Crippen LogP contribution in [0.15, 0.2) is 121 Å². The van der Waals surface area contributed by atoms with Gasteiger partial charge in [-0.15, -0.1) is 59.7 Å². The van der Waals surface area contributed by atoms with E-state index in [2.05, 4.69) is 160 Å². The van der Waals surface area contributed by atoms with Crippen LogP contribution in [0.3, 0.4) is 0 Å². The fraction of sp³-hybridized carbons (Fsp3) is 0.200. The third-order valence-corrected chi connectivity index (χ3v) is 12.5. The summed E-state index contributed by atoms with van der Waals surface area (Å²) in [5.74, 6) is 1.75. The number of hydrogen-bond donors (Lipinski definition) is 0. The summed E-state index contributed by atoms with van der Waals surface area (Å²) in [6.07, 6.45) is 2.02. The summed E-state index contributed by atoms with van der Waals surface area (Å²) in [6, 6.07) is 47.3. The van der Waals surface area contributed by atoms with Gasteiger partial charge in [0, 0.05) is 36.7 Å². The van der Waals surface area contributed by atoms with Crippen molar-refractivity contribution in [2.75, 3.05) is 0 Å². The molecule has 0 unspecified atom stereocenters. The summed E-state index contributed by atoms with van der Waals surface area (Å²) < 4.78 is 4.95. The van der Waals surface area contributed by atoms with Crippen molar-refractivity contribution in [3.05, 3.63) is 145 Å². The molecule has 0 aliphatic carbocycles. The maximum absolute atomic E-state index is 5.17. The molecule has 5 aromatic carbocycles. The van der Waals surface area contributed by atoms with Crippen molar-refractivity contribution >= 4 is 55.8 Å². The van der Waals surface area contributed by atoms with E-state index in [1.807, 2.05) is 41.8 Å². The van der Waals surface area contributed by atoms with E-state index in [4.69, 9.17) is 4.98 Å². The molecule has 0 amide bonds. The van der Waals surface area contributed by atoms with Crippen molar-refractivity contribution in [2.24, 2.45) is 0 Å². The van der Waals surface area contributed by atoms with Crippen LogP contribution in [0, 0.1) is 12.1 Å². The summed E-state index contributed by atoms with van der Waals surface area (Å²) in [5.41, 5.74) is 9.19. The average Bonchev–Trinajstić information content (AvgIpc) is 3.70. The molecule has 1 radical (unpaired) electrons. The molecule has 0 spiro atoms. The van der Waals surface area contributed by atoms with Gasteiger partial charge in [-0.3, -0.25) is 4.98 Å². The summed E-state index contributed by atoms with van der Waals surface area (Å²) in [6.45, 7) is 16.1. The molecule has 0 saturated carbocycles. The van der Waals surface area contributed by atoms with E-state index in [9.17, 15) is 0 Å². The SMILES string of the molecule is CC(C)c1cccc(C(C)C)c1-n1c(-c2[c-]cc3sc4ccccc4c3c2)nc2ccccc21.C[Si](C)(C)c1ccc(-c2[c-]cccc2)nc1.[Ir].